The van der Waals surface area contributed by atoms with Crippen molar-refractivity contribution < 1.29 is 9.59 Å². The van der Waals surface area contributed by atoms with Gasteiger partial charge in [0.2, 0.25) is 11.8 Å². The molecule has 18 heavy (non-hydrogen) atoms. The van der Waals surface area contributed by atoms with Crippen molar-refractivity contribution in [3.05, 3.63) is 0 Å². The molecule has 1 rings (SSSR count). The minimum Gasteiger partial charge on any atom is -0.355 e. The topological polar surface area (TPSA) is 75.4 Å². The third-order valence-electron chi connectivity index (χ3n) is 3.53. The van der Waals surface area contributed by atoms with E-state index in [9.17, 15) is 9.59 Å². The smallest absolute Gasteiger partial charge is 0.239 e. The number of hydrogen-bond donors (Lipinski definition) is 2. The molecule has 0 aliphatic heterocycles. The Hall–Kier alpha value is -1.10. The Balaban J connectivity index is 2.41. The highest BCUT2D eigenvalue weighted by molar-refractivity contribution is 5.85. The predicted molar refractivity (Wildman–Crippen MR) is 70.9 cm³/mol. The van der Waals surface area contributed by atoms with E-state index in [0.29, 0.717) is 13.0 Å². The van der Waals surface area contributed by atoms with Crippen LogP contribution < -0.4 is 11.1 Å². The van der Waals surface area contributed by atoms with Crippen molar-refractivity contribution in [2.24, 2.45) is 5.73 Å². The highest BCUT2D eigenvalue weighted by Gasteiger charge is 2.31. The van der Waals surface area contributed by atoms with Gasteiger partial charge in [0.1, 0.15) is 0 Å². The van der Waals surface area contributed by atoms with Gasteiger partial charge in [0.15, 0.2) is 0 Å². The maximum absolute atomic E-state index is 12.0. The molecule has 1 aliphatic carbocycles. The second-order valence-corrected chi connectivity index (χ2v) is 5.30. The summed E-state index contributed by atoms with van der Waals surface area (Å²) in [6.07, 6.45) is 5.58. The molecule has 2 amide bonds. The van der Waals surface area contributed by atoms with Crippen molar-refractivity contribution in [3.63, 3.8) is 0 Å². The lowest BCUT2D eigenvalue weighted by atomic mass is 9.80. The van der Waals surface area contributed by atoms with Crippen LogP contribution >= 0.6 is 0 Å². The molecule has 0 radical (unpaired) electrons. The van der Waals surface area contributed by atoms with Gasteiger partial charge in [-0.25, -0.2) is 0 Å². The minimum atomic E-state index is -0.356. The van der Waals surface area contributed by atoms with Gasteiger partial charge >= 0.3 is 0 Å². The van der Waals surface area contributed by atoms with E-state index in [1.54, 1.807) is 7.05 Å². The van der Waals surface area contributed by atoms with Crippen LogP contribution in [0.15, 0.2) is 0 Å². The van der Waals surface area contributed by atoms with Gasteiger partial charge < -0.3 is 16.0 Å². The summed E-state index contributed by atoms with van der Waals surface area (Å²) in [5.41, 5.74) is 5.88. The van der Waals surface area contributed by atoms with Gasteiger partial charge in [0, 0.05) is 25.6 Å². The molecule has 5 nitrogen and oxygen atoms in total. The van der Waals surface area contributed by atoms with E-state index in [0.717, 1.165) is 25.7 Å². The molecule has 0 heterocycles. The molecule has 1 aliphatic rings. The average Bonchev–Trinajstić information content (AvgIpc) is 2.29. The number of nitrogens with one attached hydrogen (secondary N) is 1. The van der Waals surface area contributed by atoms with Crippen LogP contribution in [0, 0.1) is 0 Å². The molecule has 1 fully saturated rings. The van der Waals surface area contributed by atoms with Gasteiger partial charge in [-0.15, -0.1) is 0 Å². The number of hydrogen-bond acceptors (Lipinski definition) is 3. The van der Waals surface area contributed by atoms with E-state index in [1.165, 1.54) is 11.3 Å². The minimum absolute atomic E-state index is 0.0364. The van der Waals surface area contributed by atoms with Crippen molar-refractivity contribution in [2.45, 2.75) is 51.0 Å². The van der Waals surface area contributed by atoms with Crippen LogP contribution in [0.4, 0.5) is 0 Å². The zero-order valence-electron chi connectivity index (χ0n) is 11.5. The van der Waals surface area contributed by atoms with Crippen molar-refractivity contribution in [2.75, 3.05) is 20.1 Å². The van der Waals surface area contributed by atoms with Gasteiger partial charge in [-0.1, -0.05) is 19.3 Å². The maximum Gasteiger partial charge on any atom is 0.239 e. The molecular formula is C13H25N3O2. The number of amides is 2. The van der Waals surface area contributed by atoms with E-state index >= 15 is 0 Å². The molecule has 104 valence electrons. The molecule has 0 bridgehead atoms. The lowest BCUT2D eigenvalue weighted by Crippen LogP contribution is -2.47. The van der Waals surface area contributed by atoms with Gasteiger partial charge in [-0.05, 0) is 19.8 Å². The molecule has 0 unspecified atom stereocenters. The first-order chi connectivity index (χ1) is 8.47. The average molecular weight is 255 g/mol. The summed E-state index contributed by atoms with van der Waals surface area (Å²) in [6.45, 7) is 2.56. The lowest BCUT2D eigenvalue weighted by molar-refractivity contribution is -0.135. The van der Waals surface area contributed by atoms with Crippen LogP contribution in [-0.2, 0) is 9.59 Å². The Morgan fingerprint density at radius 1 is 1.28 bits per heavy atom. The van der Waals surface area contributed by atoms with E-state index < -0.39 is 0 Å². The van der Waals surface area contributed by atoms with Crippen LogP contribution in [-0.4, -0.2) is 42.4 Å². The summed E-state index contributed by atoms with van der Waals surface area (Å²) in [6, 6.07) is 0. The number of nitrogens with zero attached hydrogens (tertiary/aromatic N) is 1. The molecule has 0 saturated heterocycles. The summed E-state index contributed by atoms with van der Waals surface area (Å²) in [5, 5.41) is 2.68. The fraction of sp³-hybridized carbons (Fsp3) is 0.846. The number of likely N-dealkylation sites (N-methyl/N-ethyl adjacent to an activating group) is 2. The zero-order valence-corrected chi connectivity index (χ0v) is 11.5. The van der Waals surface area contributed by atoms with E-state index in [4.69, 9.17) is 5.73 Å². The molecule has 0 aromatic heterocycles. The monoisotopic (exact) mass is 255 g/mol. The first-order valence-electron chi connectivity index (χ1n) is 6.76. The van der Waals surface area contributed by atoms with E-state index in [2.05, 4.69) is 5.32 Å². The molecule has 0 aromatic carbocycles. The first kappa shape index (κ1) is 15.0. The molecule has 0 aromatic rings. The summed E-state index contributed by atoms with van der Waals surface area (Å²) in [7, 11) is 1.66. The third-order valence-corrected chi connectivity index (χ3v) is 3.53. The van der Waals surface area contributed by atoms with Crippen LogP contribution in [0.1, 0.15) is 45.4 Å². The Bertz CT molecular complexity index is 299. The largest absolute Gasteiger partial charge is 0.355 e. The molecule has 5 heteroatoms. The fourth-order valence-corrected chi connectivity index (χ4v) is 2.43. The van der Waals surface area contributed by atoms with E-state index in [1.807, 2.05) is 6.92 Å². The van der Waals surface area contributed by atoms with Crippen molar-refractivity contribution in [1.29, 1.82) is 0 Å². The van der Waals surface area contributed by atoms with E-state index in [-0.39, 0.29) is 23.9 Å². The molecule has 1 saturated carbocycles. The molecule has 0 spiro atoms. The van der Waals surface area contributed by atoms with Crippen LogP contribution in [0.5, 0.6) is 0 Å². The van der Waals surface area contributed by atoms with Gasteiger partial charge in [-0.2, -0.15) is 0 Å². The summed E-state index contributed by atoms with van der Waals surface area (Å²) in [5.74, 6) is -0.159. The number of nitrogens with two attached hydrogens (primary N) is 1. The Morgan fingerprint density at radius 3 is 2.44 bits per heavy atom. The SMILES string of the molecule is CCNC(=O)CN(C)C(=O)CC1(N)CCCCC1. The van der Waals surface area contributed by atoms with Crippen molar-refractivity contribution in [1.82, 2.24) is 10.2 Å². The Labute approximate surface area is 109 Å². The van der Waals surface area contributed by atoms with Crippen molar-refractivity contribution >= 4 is 11.8 Å². The zero-order chi connectivity index (χ0) is 13.6. The molecular weight excluding hydrogens is 230 g/mol. The lowest BCUT2D eigenvalue weighted by Gasteiger charge is -2.34. The van der Waals surface area contributed by atoms with Gasteiger partial charge in [-0.3, -0.25) is 9.59 Å². The number of carbonyl (C=O) groups excluding carboxylic acids is 2. The second kappa shape index (κ2) is 6.73. The van der Waals surface area contributed by atoms with Crippen LogP contribution in [0.2, 0.25) is 0 Å². The van der Waals surface area contributed by atoms with Crippen LogP contribution in [0.25, 0.3) is 0 Å². The predicted octanol–water partition coefficient (Wildman–Crippen LogP) is 0.633. The molecule has 0 atom stereocenters. The number of carbonyl (C=O) groups is 2. The Kier molecular flexibility index (Phi) is 5.59. The summed E-state index contributed by atoms with van der Waals surface area (Å²) in [4.78, 5) is 24.9. The van der Waals surface area contributed by atoms with Gasteiger partial charge in [0.05, 0.1) is 6.54 Å². The Morgan fingerprint density at radius 2 is 1.89 bits per heavy atom. The highest BCUT2D eigenvalue weighted by atomic mass is 16.2. The second-order valence-electron chi connectivity index (χ2n) is 5.30. The maximum atomic E-state index is 12.0. The van der Waals surface area contributed by atoms with Crippen LogP contribution in [0.3, 0.4) is 0 Å². The third kappa shape index (κ3) is 4.64. The highest BCUT2D eigenvalue weighted by Crippen LogP contribution is 2.28. The fourth-order valence-electron chi connectivity index (χ4n) is 2.43. The first-order valence-corrected chi connectivity index (χ1v) is 6.76. The number of rotatable bonds is 5. The van der Waals surface area contributed by atoms with Gasteiger partial charge in [0.25, 0.3) is 0 Å². The van der Waals surface area contributed by atoms with Crippen molar-refractivity contribution in [3.8, 4) is 0 Å². The quantitative estimate of drug-likeness (QED) is 0.756. The molecule has 3 N–H and O–H groups in total. The standard InChI is InChI=1S/C13H25N3O2/c1-3-15-11(17)10-16(2)12(18)9-13(14)7-5-4-6-8-13/h3-10,14H2,1-2H3,(H,15,17). The normalized spacial score (nSPS) is 18.2. The summed E-state index contributed by atoms with van der Waals surface area (Å²) >= 11 is 0. The summed E-state index contributed by atoms with van der Waals surface area (Å²) < 4.78 is 0.